The highest BCUT2D eigenvalue weighted by Crippen LogP contribution is 2.19. The lowest BCUT2D eigenvalue weighted by Gasteiger charge is -1.96. The zero-order valence-electron chi connectivity index (χ0n) is 6.37. The predicted molar refractivity (Wildman–Crippen MR) is 45.4 cm³/mol. The van der Waals surface area contributed by atoms with Crippen LogP contribution in [0.1, 0.15) is 10.5 Å². The Morgan fingerprint density at radius 2 is 2.31 bits per heavy atom. The summed E-state index contributed by atoms with van der Waals surface area (Å²) in [6, 6.07) is 4.80. The van der Waals surface area contributed by atoms with Crippen molar-refractivity contribution in [2.24, 2.45) is 0 Å². The fraction of sp³-hybridized carbons (Fsp3) is 0. The molecule has 0 saturated heterocycles. The summed E-state index contributed by atoms with van der Waals surface area (Å²) in [5.74, 6) is -1.30. The van der Waals surface area contributed by atoms with Gasteiger partial charge in [0.2, 0.25) is 0 Å². The minimum atomic E-state index is -1.30. The number of carbonyl (C=O) groups is 1. The van der Waals surface area contributed by atoms with Crippen LogP contribution in [0.4, 0.5) is 0 Å². The Bertz CT molecular complexity index is 478. The van der Waals surface area contributed by atoms with Crippen molar-refractivity contribution in [2.45, 2.75) is 0 Å². The van der Waals surface area contributed by atoms with E-state index >= 15 is 0 Å². The molecular weight excluding hydrogens is 192 g/mol. The SMILES string of the molecule is O=C([O-])c1n[nH]c2cc(Cl)ccc12. The molecule has 4 nitrogen and oxygen atoms in total. The Kier molecular flexibility index (Phi) is 1.70. The number of carboxylic acids is 1. The van der Waals surface area contributed by atoms with E-state index < -0.39 is 5.97 Å². The van der Waals surface area contributed by atoms with Gasteiger partial charge in [-0.25, -0.2) is 0 Å². The summed E-state index contributed by atoms with van der Waals surface area (Å²) in [5, 5.41) is 17.7. The van der Waals surface area contributed by atoms with Crippen LogP contribution < -0.4 is 5.11 Å². The highest BCUT2D eigenvalue weighted by molar-refractivity contribution is 6.31. The number of aromatic carboxylic acids is 1. The monoisotopic (exact) mass is 195 g/mol. The van der Waals surface area contributed by atoms with Gasteiger partial charge in [0.05, 0.1) is 11.5 Å². The molecule has 13 heavy (non-hydrogen) atoms. The third-order valence-electron chi connectivity index (χ3n) is 1.72. The first-order valence-corrected chi connectivity index (χ1v) is 3.91. The molecule has 1 aromatic heterocycles. The molecule has 0 aliphatic carbocycles. The Balaban J connectivity index is 2.76. The van der Waals surface area contributed by atoms with Crippen LogP contribution in [0.3, 0.4) is 0 Å². The topological polar surface area (TPSA) is 68.8 Å². The van der Waals surface area contributed by atoms with E-state index in [-0.39, 0.29) is 5.69 Å². The second-order valence-electron chi connectivity index (χ2n) is 2.55. The summed E-state index contributed by atoms with van der Waals surface area (Å²) < 4.78 is 0. The van der Waals surface area contributed by atoms with Crippen molar-refractivity contribution in [1.29, 1.82) is 0 Å². The Hall–Kier alpha value is -1.55. The molecule has 0 aliphatic heterocycles. The number of nitrogens with zero attached hydrogens (tertiary/aromatic N) is 1. The molecule has 1 aromatic carbocycles. The number of rotatable bonds is 1. The van der Waals surface area contributed by atoms with Gasteiger partial charge in [-0.05, 0) is 18.2 Å². The molecule has 0 fully saturated rings. The molecule has 1 N–H and O–H groups in total. The molecule has 0 unspecified atom stereocenters. The molecule has 66 valence electrons. The van der Waals surface area contributed by atoms with Crippen LogP contribution in [-0.4, -0.2) is 16.2 Å². The maximum atomic E-state index is 10.5. The number of nitrogens with one attached hydrogen (secondary N) is 1. The molecule has 0 bridgehead atoms. The Labute approximate surface area is 78.1 Å². The molecule has 0 radical (unpaired) electrons. The van der Waals surface area contributed by atoms with Gasteiger partial charge in [0.15, 0.2) is 0 Å². The van der Waals surface area contributed by atoms with Crippen LogP contribution in [0, 0.1) is 0 Å². The predicted octanol–water partition coefficient (Wildman–Crippen LogP) is 0.580. The maximum Gasteiger partial charge on any atom is 0.115 e. The van der Waals surface area contributed by atoms with Crippen molar-refractivity contribution < 1.29 is 9.90 Å². The molecule has 5 heteroatoms. The number of carboxylic acid groups (broad SMARTS) is 1. The van der Waals surface area contributed by atoms with Gasteiger partial charge in [0, 0.05) is 10.4 Å². The van der Waals surface area contributed by atoms with Gasteiger partial charge in [0.1, 0.15) is 5.69 Å². The number of aromatic nitrogens is 2. The van der Waals surface area contributed by atoms with Crippen molar-refractivity contribution >= 4 is 28.5 Å². The fourth-order valence-corrected chi connectivity index (χ4v) is 1.32. The molecule has 1 heterocycles. The fourth-order valence-electron chi connectivity index (χ4n) is 1.15. The first-order valence-electron chi connectivity index (χ1n) is 3.53. The van der Waals surface area contributed by atoms with Crippen LogP contribution in [0.5, 0.6) is 0 Å². The lowest BCUT2D eigenvalue weighted by atomic mass is 10.2. The number of benzene rings is 1. The van der Waals surface area contributed by atoms with Gasteiger partial charge in [-0.15, -0.1) is 0 Å². The molecule has 0 aliphatic rings. The van der Waals surface area contributed by atoms with Crippen LogP contribution in [0.15, 0.2) is 18.2 Å². The van der Waals surface area contributed by atoms with Gasteiger partial charge in [-0.2, -0.15) is 5.10 Å². The Morgan fingerprint density at radius 3 is 3.00 bits per heavy atom. The van der Waals surface area contributed by atoms with Crippen molar-refractivity contribution in [2.75, 3.05) is 0 Å². The number of fused-ring (bicyclic) bond motifs is 1. The first kappa shape index (κ1) is 8.07. The van der Waals surface area contributed by atoms with Crippen molar-refractivity contribution in [3.05, 3.63) is 28.9 Å². The minimum absolute atomic E-state index is 0.0910. The highest BCUT2D eigenvalue weighted by Gasteiger charge is 2.05. The molecule has 0 atom stereocenters. The quantitative estimate of drug-likeness (QED) is 0.724. The summed E-state index contributed by atoms with van der Waals surface area (Å²) in [6.45, 7) is 0. The van der Waals surface area contributed by atoms with E-state index in [4.69, 9.17) is 11.6 Å². The van der Waals surface area contributed by atoms with E-state index in [0.29, 0.717) is 15.9 Å². The molecule has 0 amide bonds. The molecule has 2 aromatic rings. The van der Waals surface area contributed by atoms with E-state index in [1.54, 1.807) is 18.2 Å². The lowest BCUT2D eigenvalue weighted by Crippen LogP contribution is -2.22. The van der Waals surface area contributed by atoms with E-state index in [1.807, 2.05) is 0 Å². The third-order valence-corrected chi connectivity index (χ3v) is 1.95. The first-order chi connectivity index (χ1) is 6.18. The normalized spacial score (nSPS) is 10.5. The van der Waals surface area contributed by atoms with Gasteiger partial charge in [0.25, 0.3) is 0 Å². The van der Waals surface area contributed by atoms with Crippen molar-refractivity contribution in [3.63, 3.8) is 0 Å². The van der Waals surface area contributed by atoms with Crippen LogP contribution in [0.2, 0.25) is 5.02 Å². The Morgan fingerprint density at radius 1 is 1.54 bits per heavy atom. The smallest absolute Gasteiger partial charge is 0.115 e. The maximum absolute atomic E-state index is 10.5. The number of H-pyrrole nitrogens is 1. The number of halogens is 1. The lowest BCUT2D eigenvalue weighted by molar-refractivity contribution is -0.255. The second kappa shape index (κ2) is 2.74. The van der Waals surface area contributed by atoms with Crippen LogP contribution in [0.25, 0.3) is 10.9 Å². The van der Waals surface area contributed by atoms with Gasteiger partial charge >= 0.3 is 0 Å². The number of aromatic amines is 1. The van der Waals surface area contributed by atoms with E-state index in [0.717, 1.165) is 0 Å². The van der Waals surface area contributed by atoms with Crippen molar-refractivity contribution in [1.82, 2.24) is 10.2 Å². The van der Waals surface area contributed by atoms with E-state index in [2.05, 4.69) is 10.2 Å². The summed E-state index contributed by atoms with van der Waals surface area (Å²) in [4.78, 5) is 10.5. The summed E-state index contributed by atoms with van der Waals surface area (Å²) in [7, 11) is 0. The average molecular weight is 196 g/mol. The summed E-state index contributed by atoms with van der Waals surface area (Å²) in [6.07, 6.45) is 0. The summed E-state index contributed by atoms with van der Waals surface area (Å²) in [5.41, 5.74) is 0.498. The minimum Gasteiger partial charge on any atom is -0.543 e. The molecule has 0 spiro atoms. The summed E-state index contributed by atoms with van der Waals surface area (Å²) >= 11 is 5.70. The van der Waals surface area contributed by atoms with Crippen LogP contribution >= 0.6 is 11.6 Å². The van der Waals surface area contributed by atoms with Gasteiger partial charge < -0.3 is 9.90 Å². The van der Waals surface area contributed by atoms with E-state index in [9.17, 15) is 9.90 Å². The number of hydrogen-bond donors (Lipinski definition) is 1. The van der Waals surface area contributed by atoms with E-state index in [1.165, 1.54) is 0 Å². The number of carbonyl (C=O) groups excluding carboxylic acids is 1. The largest absolute Gasteiger partial charge is 0.543 e. The highest BCUT2D eigenvalue weighted by atomic mass is 35.5. The van der Waals surface area contributed by atoms with Crippen molar-refractivity contribution in [3.8, 4) is 0 Å². The molecule has 0 saturated carbocycles. The molecule has 2 rings (SSSR count). The zero-order valence-corrected chi connectivity index (χ0v) is 7.13. The number of hydrogen-bond acceptors (Lipinski definition) is 3. The molecular formula is C8H4ClN2O2-. The average Bonchev–Trinajstić information content (AvgIpc) is 2.46. The zero-order chi connectivity index (χ0) is 9.42. The third kappa shape index (κ3) is 1.25. The standard InChI is InChI=1S/C8H5ClN2O2/c9-4-1-2-5-6(3-4)10-11-7(5)8(12)13/h1-3H,(H,10,11)(H,12,13)/p-1. The van der Waals surface area contributed by atoms with Crippen LogP contribution in [-0.2, 0) is 0 Å². The van der Waals surface area contributed by atoms with Gasteiger partial charge in [-0.1, -0.05) is 11.6 Å². The van der Waals surface area contributed by atoms with Gasteiger partial charge in [-0.3, -0.25) is 5.10 Å². The second-order valence-corrected chi connectivity index (χ2v) is 2.99.